The molecule has 0 unspecified atom stereocenters. The van der Waals surface area contributed by atoms with Crippen LogP contribution in [0, 0.1) is 0 Å². The summed E-state index contributed by atoms with van der Waals surface area (Å²) in [6.45, 7) is -0.639. The summed E-state index contributed by atoms with van der Waals surface area (Å²) in [6, 6.07) is 8.58. The molecule has 2 aromatic heterocycles. The fourth-order valence-corrected chi connectivity index (χ4v) is 4.02. The van der Waals surface area contributed by atoms with Crippen molar-refractivity contribution in [3.8, 4) is 11.1 Å². The van der Waals surface area contributed by atoms with Gasteiger partial charge < -0.3 is 20.3 Å². The van der Waals surface area contributed by atoms with Gasteiger partial charge in [-0.15, -0.1) is 0 Å². The number of hydrogen-bond donors (Lipinski definition) is 2. The van der Waals surface area contributed by atoms with Crippen LogP contribution in [-0.2, 0) is 11.3 Å². The molecule has 1 saturated carbocycles. The first-order chi connectivity index (χ1) is 14.4. The van der Waals surface area contributed by atoms with Crippen LogP contribution in [-0.4, -0.2) is 37.8 Å². The third-order valence-electron chi connectivity index (χ3n) is 5.31. The van der Waals surface area contributed by atoms with E-state index in [4.69, 9.17) is 11.6 Å². The van der Waals surface area contributed by atoms with Crippen LogP contribution in [0.25, 0.3) is 22.2 Å². The van der Waals surface area contributed by atoms with Crippen LogP contribution in [0.3, 0.4) is 0 Å². The molecule has 0 spiro atoms. The SMILES string of the molecule is O=C([O-])Cn1c(=O)c(-c2ccccc2Cl)cc2cnc(NC3CCC(O)CC3)nc21.[Na+]. The molecular weight excluding hydrogens is 431 g/mol. The minimum Gasteiger partial charge on any atom is -0.548 e. The van der Waals surface area contributed by atoms with Crippen molar-refractivity contribution >= 4 is 34.6 Å². The van der Waals surface area contributed by atoms with Crippen molar-refractivity contribution in [1.82, 2.24) is 14.5 Å². The van der Waals surface area contributed by atoms with E-state index in [2.05, 4.69) is 15.3 Å². The summed E-state index contributed by atoms with van der Waals surface area (Å²) in [6.07, 6.45) is 4.22. The van der Waals surface area contributed by atoms with Crippen LogP contribution in [0.4, 0.5) is 5.95 Å². The van der Waals surface area contributed by atoms with Crippen molar-refractivity contribution in [3.63, 3.8) is 0 Å². The van der Waals surface area contributed by atoms with Gasteiger partial charge in [0.2, 0.25) is 5.95 Å². The van der Waals surface area contributed by atoms with Gasteiger partial charge in [-0.05, 0) is 37.8 Å². The molecule has 156 valence electrons. The van der Waals surface area contributed by atoms with Crippen LogP contribution >= 0.6 is 11.6 Å². The maximum atomic E-state index is 13.1. The normalized spacial score (nSPS) is 18.4. The number of halogens is 1. The average Bonchev–Trinajstić information content (AvgIpc) is 2.72. The topological polar surface area (TPSA) is 120 Å². The third-order valence-corrected chi connectivity index (χ3v) is 5.64. The van der Waals surface area contributed by atoms with Gasteiger partial charge in [0.05, 0.1) is 18.6 Å². The van der Waals surface area contributed by atoms with Gasteiger partial charge in [0.25, 0.3) is 5.56 Å². The number of aliphatic hydroxyl groups is 1. The quantitative estimate of drug-likeness (QED) is 0.458. The maximum absolute atomic E-state index is 13.1. The number of aliphatic carboxylic acids is 1. The van der Waals surface area contributed by atoms with Crippen molar-refractivity contribution in [3.05, 3.63) is 51.9 Å². The molecule has 0 atom stereocenters. The fourth-order valence-electron chi connectivity index (χ4n) is 3.78. The Labute approximate surface area is 205 Å². The molecule has 0 aliphatic heterocycles. The first-order valence-electron chi connectivity index (χ1n) is 9.72. The van der Waals surface area contributed by atoms with E-state index in [9.17, 15) is 19.8 Å². The predicted octanol–water partition coefficient (Wildman–Crippen LogP) is -1.42. The first-order valence-corrected chi connectivity index (χ1v) is 10.1. The van der Waals surface area contributed by atoms with E-state index in [1.54, 1.807) is 36.5 Å². The van der Waals surface area contributed by atoms with E-state index in [0.717, 1.165) is 17.4 Å². The standard InChI is InChI=1S/C21H21ClN4O4.Na/c22-17-4-2-1-3-15(17)16-9-12-10-23-21(24-13-5-7-14(27)8-6-13)25-19(12)26(20(16)30)11-18(28)29;/h1-4,9-10,13-14,27H,5-8,11H2,(H,28,29)(H,23,24,25);/q;+1/p-1. The molecule has 2 heterocycles. The summed E-state index contributed by atoms with van der Waals surface area (Å²) in [5, 5.41) is 25.1. The molecule has 8 nitrogen and oxygen atoms in total. The second-order valence-electron chi connectivity index (χ2n) is 7.42. The molecule has 0 amide bonds. The van der Waals surface area contributed by atoms with Crippen LogP contribution in [0.5, 0.6) is 0 Å². The second-order valence-corrected chi connectivity index (χ2v) is 7.83. The molecule has 0 saturated heterocycles. The number of rotatable bonds is 5. The Morgan fingerprint density at radius 1 is 1.23 bits per heavy atom. The molecule has 1 aliphatic rings. The van der Waals surface area contributed by atoms with Crippen molar-refractivity contribution in [2.24, 2.45) is 0 Å². The molecule has 4 rings (SSSR count). The van der Waals surface area contributed by atoms with E-state index < -0.39 is 18.1 Å². The zero-order chi connectivity index (χ0) is 21.3. The van der Waals surface area contributed by atoms with E-state index in [1.165, 1.54) is 0 Å². The molecule has 1 aromatic carbocycles. The van der Waals surface area contributed by atoms with Gasteiger partial charge in [-0.25, -0.2) is 4.98 Å². The zero-order valence-electron chi connectivity index (χ0n) is 17.0. The first kappa shape index (κ1) is 23.7. The fraction of sp³-hybridized carbons (Fsp3) is 0.333. The Kier molecular flexibility index (Phi) is 7.72. The number of carboxylic acids is 1. The number of nitrogens with one attached hydrogen (secondary N) is 1. The molecule has 31 heavy (non-hydrogen) atoms. The van der Waals surface area contributed by atoms with Gasteiger partial charge in [0, 0.05) is 33.8 Å². The Balaban J connectivity index is 0.00000272. The molecule has 1 fully saturated rings. The molecule has 0 radical (unpaired) electrons. The number of aromatic nitrogens is 3. The minimum absolute atomic E-state index is 0. The zero-order valence-corrected chi connectivity index (χ0v) is 19.8. The molecule has 3 aromatic rings. The molecular formula is C21H20ClN4NaO4. The van der Waals surface area contributed by atoms with Gasteiger partial charge in [-0.1, -0.05) is 29.8 Å². The molecule has 2 N–H and O–H groups in total. The second kappa shape index (κ2) is 10.1. The summed E-state index contributed by atoms with van der Waals surface area (Å²) < 4.78 is 1.07. The number of hydrogen-bond acceptors (Lipinski definition) is 7. The van der Waals surface area contributed by atoms with Gasteiger partial charge in [-0.2, -0.15) is 4.98 Å². The molecule has 10 heteroatoms. The van der Waals surface area contributed by atoms with Crippen molar-refractivity contribution < 1.29 is 44.6 Å². The van der Waals surface area contributed by atoms with E-state index in [-0.39, 0.29) is 52.9 Å². The summed E-state index contributed by atoms with van der Waals surface area (Å²) in [5.41, 5.74) is 0.444. The Bertz CT molecular complexity index is 1160. The smallest absolute Gasteiger partial charge is 0.548 e. The van der Waals surface area contributed by atoms with Gasteiger partial charge in [0.15, 0.2) is 0 Å². The van der Waals surface area contributed by atoms with Crippen LogP contribution in [0.15, 0.2) is 41.3 Å². The maximum Gasteiger partial charge on any atom is 1.00 e. The largest absolute Gasteiger partial charge is 1.00 e. The van der Waals surface area contributed by atoms with Crippen LogP contribution in [0.1, 0.15) is 25.7 Å². The Hall–Kier alpha value is -1.97. The number of carboxylic acid groups (broad SMARTS) is 1. The number of nitrogens with zero attached hydrogens (tertiary/aromatic N) is 3. The average molecular weight is 451 g/mol. The van der Waals surface area contributed by atoms with E-state index in [1.807, 2.05) is 0 Å². The summed E-state index contributed by atoms with van der Waals surface area (Å²) in [4.78, 5) is 33.2. The van der Waals surface area contributed by atoms with Crippen LogP contribution < -0.4 is 45.5 Å². The van der Waals surface area contributed by atoms with Crippen molar-refractivity contribution in [1.29, 1.82) is 0 Å². The summed E-state index contributed by atoms with van der Waals surface area (Å²) in [7, 11) is 0. The number of carbonyl (C=O) groups is 1. The Morgan fingerprint density at radius 2 is 1.94 bits per heavy atom. The van der Waals surface area contributed by atoms with E-state index in [0.29, 0.717) is 34.8 Å². The third kappa shape index (κ3) is 5.27. The number of benzene rings is 1. The van der Waals surface area contributed by atoms with Crippen molar-refractivity contribution in [2.45, 2.75) is 44.4 Å². The Morgan fingerprint density at radius 3 is 2.61 bits per heavy atom. The van der Waals surface area contributed by atoms with Gasteiger partial charge in [0.1, 0.15) is 5.65 Å². The molecule has 0 bridgehead atoms. The number of pyridine rings is 1. The summed E-state index contributed by atoms with van der Waals surface area (Å²) >= 11 is 6.25. The van der Waals surface area contributed by atoms with Gasteiger partial charge >= 0.3 is 29.6 Å². The predicted molar refractivity (Wildman–Crippen MR) is 111 cm³/mol. The number of carbonyl (C=O) groups excluding carboxylic acids is 1. The van der Waals surface area contributed by atoms with E-state index >= 15 is 0 Å². The number of fused-ring (bicyclic) bond motifs is 1. The van der Waals surface area contributed by atoms with Gasteiger partial charge in [-0.3, -0.25) is 9.36 Å². The summed E-state index contributed by atoms with van der Waals surface area (Å²) in [5.74, 6) is -1.09. The number of anilines is 1. The minimum atomic E-state index is -1.40. The van der Waals surface area contributed by atoms with Crippen LogP contribution in [0.2, 0.25) is 5.02 Å². The number of aliphatic hydroxyl groups excluding tert-OH is 1. The monoisotopic (exact) mass is 450 g/mol. The van der Waals surface area contributed by atoms with Crippen molar-refractivity contribution in [2.75, 3.05) is 5.32 Å². The molecule has 1 aliphatic carbocycles.